The van der Waals surface area contributed by atoms with Gasteiger partial charge in [-0.15, -0.1) is 0 Å². The van der Waals surface area contributed by atoms with Crippen molar-refractivity contribution in [2.24, 2.45) is 11.8 Å². The summed E-state index contributed by atoms with van der Waals surface area (Å²) in [5.74, 6) is 0.172. The van der Waals surface area contributed by atoms with Gasteiger partial charge in [0.2, 0.25) is 0 Å². The molecule has 1 aliphatic rings. The van der Waals surface area contributed by atoms with E-state index in [2.05, 4.69) is 19.1 Å². The molecular weight excluding hydrogens is 320 g/mol. The van der Waals surface area contributed by atoms with Gasteiger partial charge in [0.05, 0.1) is 0 Å². The van der Waals surface area contributed by atoms with E-state index in [1.165, 1.54) is 5.56 Å². The minimum atomic E-state index is -0.211. The zero-order valence-electron chi connectivity index (χ0n) is 15.8. The number of hydrogen-bond acceptors (Lipinski definition) is 2. The van der Waals surface area contributed by atoms with E-state index in [-0.39, 0.29) is 23.5 Å². The highest BCUT2D eigenvalue weighted by atomic mass is 16.1. The molecule has 0 spiro atoms. The van der Waals surface area contributed by atoms with Crippen molar-refractivity contribution in [1.82, 2.24) is 0 Å². The Morgan fingerprint density at radius 3 is 2.35 bits per heavy atom. The fourth-order valence-corrected chi connectivity index (χ4v) is 4.27. The Hall–Kier alpha value is -2.22. The minimum Gasteiger partial charge on any atom is -0.299 e. The lowest BCUT2D eigenvalue weighted by atomic mass is 9.69. The number of aryl methyl sites for hydroxylation is 1. The molecule has 3 atom stereocenters. The summed E-state index contributed by atoms with van der Waals surface area (Å²) in [4.78, 5) is 25.8. The quantitative estimate of drug-likeness (QED) is 0.636. The van der Waals surface area contributed by atoms with Crippen LogP contribution in [0.3, 0.4) is 0 Å². The van der Waals surface area contributed by atoms with Crippen molar-refractivity contribution in [2.45, 2.75) is 51.9 Å². The van der Waals surface area contributed by atoms with Crippen molar-refractivity contribution in [3.63, 3.8) is 0 Å². The van der Waals surface area contributed by atoms with Gasteiger partial charge >= 0.3 is 0 Å². The molecule has 136 valence electrons. The van der Waals surface area contributed by atoms with Gasteiger partial charge in [-0.2, -0.15) is 0 Å². The Bertz CT molecular complexity index is 746. The van der Waals surface area contributed by atoms with Gasteiger partial charge in [-0.05, 0) is 30.4 Å². The van der Waals surface area contributed by atoms with Gasteiger partial charge in [0.1, 0.15) is 5.78 Å². The average molecular weight is 348 g/mol. The molecule has 1 saturated carbocycles. The summed E-state index contributed by atoms with van der Waals surface area (Å²) in [6.07, 6.45) is 4.57. The van der Waals surface area contributed by atoms with Crippen molar-refractivity contribution in [3.05, 3.63) is 71.3 Å². The predicted molar refractivity (Wildman–Crippen MR) is 105 cm³/mol. The van der Waals surface area contributed by atoms with Crippen molar-refractivity contribution >= 4 is 11.6 Å². The van der Waals surface area contributed by atoms with Crippen LogP contribution in [-0.4, -0.2) is 11.6 Å². The second-order valence-electron chi connectivity index (χ2n) is 7.46. The van der Waals surface area contributed by atoms with Gasteiger partial charge in [0.15, 0.2) is 5.78 Å². The molecular formula is C24H28O2. The highest BCUT2D eigenvalue weighted by Crippen LogP contribution is 2.40. The van der Waals surface area contributed by atoms with Crippen LogP contribution in [-0.2, 0) is 11.2 Å². The Kier molecular flexibility index (Phi) is 6.03. The summed E-state index contributed by atoms with van der Waals surface area (Å²) in [5.41, 5.74) is 3.09. The standard InChI is InChI=1S/C24H28O2/c1-3-18-13-15-20(16-14-18)24(26)17(2)23(19-9-5-4-6-10-19)21-11-7-8-12-22(21)25/h4-6,9-10,13-17,21,23H,3,7-8,11-12H2,1-2H3. The first-order chi connectivity index (χ1) is 12.6. The van der Waals surface area contributed by atoms with Crippen LogP contribution in [0.5, 0.6) is 0 Å². The molecule has 3 unspecified atom stereocenters. The van der Waals surface area contributed by atoms with Gasteiger partial charge < -0.3 is 0 Å². The molecule has 0 amide bonds. The molecule has 0 saturated heterocycles. The predicted octanol–water partition coefficient (Wildman–Crippen LogP) is 5.61. The van der Waals surface area contributed by atoms with E-state index in [1.807, 2.05) is 49.4 Å². The average Bonchev–Trinajstić information content (AvgIpc) is 2.70. The van der Waals surface area contributed by atoms with Crippen LogP contribution in [0.4, 0.5) is 0 Å². The molecule has 0 bridgehead atoms. The van der Waals surface area contributed by atoms with E-state index in [1.54, 1.807) is 0 Å². The highest BCUT2D eigenvalue weighted by Gasteiger charge is 2.37. The van der Waals surface area contributed by atoms with Gasteiger partial charge in [-0.1, -0.05) is 74.9 Å². The van der Waals surface area contributed by atoms with E-state index in [0.717, 1.165) is 36.8 Å². The van der Waals surface area contributed by atoms with Gasteiger partial charge in [0.25, 0.3) is 0 Å². The normalized spacial score (nSPS) is 19.8. The molecule has 0 aliphatic heterocycles. The van der Waals surface area contributed by atoms with Gasteiger partial charge in [0, 0.05) is 29.7 Å². The van der Waals surface area contributed by atoms with E-state index in [0.29, 0.717) is 12.2 Å². The van der Waals surface area contributed by atoms with Crippen LogP contribution >= 0.6 is 0 Å². The third-order valence-corrected chi connectivity index (χ3v) is 5.82. The summed E-state index contributed by atoms with van der Waals surface area (Å²) in [6.45, 7) is 4.11. The molecule has 3 rings (SSSR count). The molecule has 1 fully saturated rings. The summed E-state index contributed by atoms with van der Waals surface area (Å²) in [7, 11) is 0. The minimum absolute atomic E-state index is 0.0395. The van der Waals surface area contributed by atoms with E-state index in [4.69, 9.17) is 0 Å². The van der Waals surface area contributed by atoms with E-state index >= 15 is 0 Å². The molecule has 0 N–H and O–H groups in total. The number of rotatable bonds is 6. The second kappa shape index (κ2) is 8.44. The number of Topliss-reactive ketones (excluding diaryl/α,β-unsaturated/α-hetero) is 2. The van der Waals surface area contributed by atoms with Crippen LogP contribution in [0, 0.1) is 11.8 Å². The Morgan fingerprint density at radius 1 is 1.04 bits per heavy atom. The summed E-state index contributed by atoms with van der Waals surface area (Å²) < 4.78 is 0. The molecule has 26 heavy (non-hydrogen) atoms. The molecule has 2 aromatic carbocycles. The zero-order chi connectivity index (χ0) is 18.5. The first kappa shape index (κ1) is 18.6. The lowest BCUT2D eigenvalue weighted by Gasteiger charge is -2.33. The Morgan fingerprint density at radius 2 is 1.73 bits per heavy atom. The number of benzene rings is 2. The first-order valence-corrected chi connectivity index (χ1v) is 9.82. The van der Waals surface area contributed by atoms with Crippen LogP contribution in [0.25, 0.3) is 0 Å². The maximum atomic E-state index is 13.2. The van der Waals surface area contributed by atoms with Gasteiger partial charge in [-0.25, -0.2) is 0 Å². The number of carbonyl (C=O) groups excluding carboxylic acids is 2. The molecule has 0 radical (unpaired) electrons. The number of hydrogen-bond donors (Lipinski definition) is 0. The lowest BCUT2D eigenvalue weighted by Crippen LogP contribution is -2.32. The SMILES string of the molecule is CCc1ccc(C(=O)C(C)C(c2ccccc2)C2CCCCC2=O)cc1. The van der Waals surface area contributed by atoms with Crippen molar-refractivity contribution in [1.29, 1.82) is 0 Å². The lowest BCUT2D eigenvalue weighted by molar-refractivity contribution is -0.125. The highest BCUT2D eigenvalue weighted by molar-refractivity contribution is 5.98. The van der Waals surface area contributed by atoms with E-state index < -0.39 is 0 Å². The van der Waals surface area contributed by atoms with Crippen LogP contribution in [0.1, 0.15) is 66.9 Å². The summed E-state index contributed by atoms with van der Waals surface area (Å²) in [5, 5.41) is 0. The summed E-state index contributed by atoms with van der Waals surface area (Å²) >= 11 is 0. The molecule has 2 heteroatoms. The Balaban J connectivity index is 1.92. The largest absolute Gasteiger partial charge is 0.299 e. The van der Waals surface area contributed by atoms with E-state index in [9.17, 15) is 9.59 Å². The molecule has 2 nitrogen and oxygen atoms in total. The number of ketones is 2. The first-order valence-electron chi connectivity index (χ1n) is 9.82. The monoisotopic (exact) mass is 348 g/mol. The third kappa shape index (κ3) is 3.95. The van der Waals surface area contributed by atoms with Gasteiger partial charge in [-0.3, -0.25) is 9.59 Å². The fourth-order valence-electron chi connectivity index (χ4n) is 4.27. The maximum absolute atomic E-state index is 13.2. The van der Waals surface area contributed by atoms with Crippen LogP contribution in [0.2, 0.25) is 0 Å². The molecule has 2 aromatic rings. The Labute approximate surface area is 156 Å². The fraction of sp³-hybridized carbons (Fsp3) is 0.417. The maximum Gasteiger partial charge on any atom is 0.166 e. The van der Waals surface area contributed by atoms with Crippen molar-refractivity contribution in [3.8, 4) is 0 Å². The van der Waals surface area contributed by atoms with Crippen LogP contribution in [0.15, 0.2) is 54.6 Å². The molecule has 1 aliphatic carbocycles. The second-order valence-corrected chi connectivity index (χ2v) is 7.46. The zero-order valence-corrected chi connectivity index (χ0v) is 15.8. The number of carbonyl (C=O) groups is 2. The van der Waals surface area contributed by atoms with Crippen molar-refractivity contribution < 1.29 is 9.59 Å². The van der Waals surface area contributed by atoms with Crippen LogP contribution < -0.4 is 0 Å². The third-order valence-electron chi connectivity index (χ3n) is 5.82. The topological polar surface area (TPSA) is 34.1 Å². The smallest absolute Gasteiger partial charge is 0.166 e. The summed E-state index contributed by atoms with van der Waals surface area (Å²) in [6, 6.07) is 18.1. The van der Waals surface area contributed by atoms with Crippen molar-refractivity contribution in [2.75, 3.05) is 0 Å². The molecule has 0 heterocycles. The molecule has 0 aromatic heterocycles.